The lowest BCUT2D eigenvalue weighted by Crippen LogP contribution is -2.46. The zero-order chi connectivity index (χ0) is 52.3. The number of thiocarbonyl (C=S) groups is 1. The van der Waals surface area contributed by atoms with Gasteiger partial charge >= 0.3 is 11.9 Å². The van der Waals surface area contributed by atoms with Crippen molar-refractivity contribution in [3.63, 3.8) is 0 Å². The summed E-state index contributed by atoms with van der Waals surface area (Å²) >= 11 is 7.55. The van der Waals surface area contributed by atoms with Crippen LogP contribution in [-0.4, -0.2) is 139 Å². The lowest BCUT2D eigenvalue weighted by molar-refractivity contribution is -0.139. The number of carboxylic acids is 2. The van der Waals surface area contributed by atoms with Crippen LogP contribution in [0.1, 0.15) is 10.4 Å². The minimum absolute atomic E-state index is 0.0394. The van der Waals surface area contributed by atoms with Crippen molar-refractivity contribution in [1.29, 1.82) is 0 Å². The number of nitrogens with two attached hydrogens (primary N) is 2. The fourth-order valence-electron chi connectivity index (χ4n) is 7.36. The van der Waals surface area contributed by atoms with E-state index in [1.54, 1.807) is 77.7 Å². The van der Waals surface area contributed by atoms with Gasteiger partial charge in [-0.2, -0.15) is 0 Å². The molecule has 24 heteroatoms. The SMILES string of the molecule is NSc1ccc(NC(=O)CN(CCN(CC(=O)NCCOCCOCCNC(=S)Nc2ccc(-c3c4ccc(=O)cc-4oc4cc(O)ccc34)c(C(=O)O)c2)CC(=O)Nc2ccc(SN)cc2)CC(=O)O)cc1. The largest absolute Gasteiger partial charge is 0.508 e. The van der Waals surface area contributed by atoms with Gasteiger partial charge in [-0.3, -0.25) is 44.1 Å². The number of nitrogens with zero attached hydrogens (tertiary/aromatic N) is 2. The van der Waals surface area contributed by atoms with Crippen molar-refractivity contribution in [2.45, 2.75) is 9.79 Å². The van der Waals surface area contributed by atoms with Gasteiger partial charge in [-0.05, 0) is 127 Å². The Morgan fingerprint density at radius 2 is 1.16 bits per heavy atom. The molecule has 0 saturated carbocycles. The highest BCUT2D eigenvalue weighted by molar-refractivity contribution is 7.97. The van der Waals surface area contributed by atoms with Crippen LogP contribution in [0.15, 0.2) is 122 Å². The summed E-state index contributed by atoms with van der Waals surface area (Å²) in [5.41, 5.74) is 2.75. The highest BCUT2D eigenvalue weighted by Crippen LogP contribution is 2.42. The average molecular weight is 1060 g/mol. The number of aromatic carboxylic acids is 1. The Labute approximate surface area is 432 Å². The fourth-order valence-corrected chi connectivity index (χ4v) is 8.17. The van der Waals surface area contributed by atoms with Crippen molar-refractivity contribution in [3.05, 3.63) is 119 Å². The van der Waals surface area contributed by atoms with E-state index in [0.29, 0.717) is 45.7 Å². The molecule has 1 heterocycles. The van der Waals surface area contributed by atoms with Gasteiger partial charge in [-0.15, -0.1) is 0 Å². The number of ether oxygens (including phenoxy) is 2. The summed E-state index contributed by atoms with van der Waals surface area (Å²) in [4.78, 5) is 80.1. The molecule has 4 aromatic carbocycles. The van der Waals surface area contributed by atoms with E-state index in [0.717, 1.165) is 33.7 Å². The highest BCUT2D eigenvalue weighted by atomic mass is 32.2. The number of amides is 3. The number of benzene rings is 5. The number of phenols is 1. The predicted molar refractivity (Wildman–Crippen MR) is 283 cm³/mol. The van der Waals surface area contributed by atoms with Crippen LogP contribution in [0.5, 0.6) is 5.75 Å². The molecule has 0 saturated heterocycles. The maximum absolute atomic E-state index is 13.1. The lowest BCUT2D eigenvalue weighted by Gasteiger charge is -2.26. The first-order valence-electron chi connectivity index (χ1n) is 22.4. The van der Waals surface area contributed by atoms with Crippen LogP contribution in [0.2, 0.25) is 0 Å². The average Bonchev–Trinajstić information content (AvgIpc) is 3.35. The molecule has 4 aromatic rings. The second-order valence-corrected chi connectivity index (χ2v) is 17.9. The normalized spacial score (nSPS) is 11.2. The van der Waals surface area contributed by atoms with Crippen LogP contribution in [0.25, 0.3) is 33.4 Å². The fraction of sp³-hybridized carbons (Fsp3) is 0.245. The standard InChI is InChI=1S/C49H53N9O12S3/c50-72-35-8-1-30(2-9-35)54-44(62)27-57(17-18-58(29-46(64)65)28-45(63)55-31-3-10-36(73-51)11-4-31)26-43(61)52-15-19-68-21-22-69-20-16-53-49(71)56-32-5-12-37(40(23-32)48(66)67)47-38-13-6-33(59)24-41(38)70-42-25-34(60)7-14-39(42)47/h1-14,23-25,59H,15-22,26-29,50-51H2,(H,52,61)(H,54,62)(H,55,63)(H,64,65)(H,66,67)(H2,53,56,71). The van der Waals surface area contributed by atoms with Crippen LogP contribution >= 0.6 is 36.1 Å². The molecule has 1 aliphatic carbocycles. The van der Waals surface area contributed by atoms with E-state index in [2.05, 4.69) is 26.6 Å². The number of hydrogen-bond donors (Lipinski definition) is 10. The first-order chi connectivity index (χ1) is 35.2. The summed E-state index contributed by atoms with van der Waals surface area (Å²) < 4.78 is 17.1. The predicted octanol–water partition coefficient (Wildman–Crippen LogP) is 4.30. The van der Waals surface area contributed by atoms with E-state index < -0.39 is 36.2 Å². The van der Waals surface area contributed by atoms with Gasteiger partial charge in [0.25, 0.3) is 0 Å². The van der Waals surface area contributed by atoms with Crippen LogP contribution < -0.4 is 42.3 Å². The van der Waals surface area contributed by atoms with Gasteiger partial charge in [0.2, 0.25) is 17.7 Å². The number of aliphatic carboxylic acids is 1. The smallest absolute Gasteiger partial charge is 0.336 e. The van der Waals surface area contributed by atoms with Gasteiger partial charge in [0, 0.05) is 81.7 Å². The van der Waals surface area contributed by atoms with Gasteiger partial charge in [-0.1, -0.05) is 6.07 Å². The molecule has 0 fully saturated rings. The molecule has 6 rings (SSSR count). The molecular formula is C49H53N9O12S3. The van der Waals surface area contributed by atoms with E-state index in [1.807, 2.05) is 0 Å². The maximum atomic E-state index is 13.1. The Morgan fingerprint density at radius 3 is 1.74 bits per heavy atom. The number of carbonyl (C=O) groups is 5. The van der Waals surface area contributed by atoms with Crippen molar-refractivity contribution < 1.29 is 53.2 Å². The number of rotatable bonds is 27. The molecule has 12 N–H and O–H groups in total. The first kappa shape index (κ1) is 55.2. The molecule has 2 aliphatic rings. The molecule has 3 amide bonds. The third-order valence-electron chi connectivity index (χ3n) is 10.7. The highest BCUT2D eigenvalue weighted by Gasteiger charge is 2.23. The van der Waals surface area contributed by atoms with E-state index in [-0.39, 0.29) is 98.9 Å². The zero-order valence-electron chi connectivity index (χ0n) is 39.1. The van der Waals surface area contributed by atoms with Crippen LogP contribution in [0, 0.1) is 0 Å². The molecule has 1 aliphatic heterocycles. The molecule has 0 atom stereocenters. The van der Waals surface area contributed by atoms with E-state index >= 15 is 0 Å². The summed E-state index contributed by atoms with van der Waals surface area (Å²) in [6.07, 6.45) is 0. The summed E-state index contributed by atoms with van der Waals surface area (Å²) in [7, 11) is 0. The number of hydrogen-bond acceptors (Lipinski definition) is 17. The molecule has 0 unspecified atom stereocenters. The number of anilines is 3. The lowest BCUT2D eigenvalue weighted by atomic mass is 9.90. The van der Waals surface area contributed by atoms with Gasteiger partial charge < -0.3 is 55.8 Å². The number of aromatic hydroxyl groups is 1. The van der Waals surface area contributed by atoms with E-state index in [1.165, 1.54) is 35.2 Å². The molecule has 0 bridgehead atoms. The Hall–Kier alpha value is -7.13. The zero-order valence-corrected chi connectivity index (χ0v) is 41.5. The van der Waals surface area contributed by atoms with Crippen LogP contribution in [0.3, 0.4) is 0 Å². The number of carboxylic acid groups (broad SMARTS) is 2. The van der Waals surface area contributed by atoms with Crippen molar-refractivity contribution in [2.75, 3.05) is 94.7 Å². The Bertz CT molecular complexity index is 2930. The van der Waals surface area contributed by atoms with E-state index in [9.17, 15) is 44.1 Å². The summed E-state index contributed by atoms with van der Waals surface area (Å²) in [6.45, 7) is 0.244. The number of nitrogens with one attached hydrogen (secondary N) is 5. The molecular weight excluding hydrogens is 1000 g/mol. The second kappa shape index (κ2) is 27.6. The summed E-state index contributed by atoms with van der Waals surface area (Å²) in [5.74, 6) is -3.48. The topological polar surface area (TPSA) is 313 Å². The molecule has 384 valence electrons. The Kier molecular flexibility index (Phi) is 20.9. The third kappa shape index (κ3) is 17.3. The Morgan fingerprint density at radius 1 is 0.616 bits per heavy atom. The van der Waals surface area contributed by atoms with Gasteiger partial charge in [0.05, 0.1) is 58.2 Å². The molecule has 0 aromatic heterocycles. The third-order valence-corrected chi connectivity index (χ3v) is 12.0. The number of phenolic OH excluding ortho intramolecular Hbond substituents is 1. The van der Waals surface area contributed by atoms with Gasteiger partial charge in [0.15, 0.2) is 10.5 Å². The first-order valence-corrected chi connectivity index (χ1v) is 24.6. The van der Waals surface area contributed by atoms with E-state index in [4.69, 9.17) is 36.4 Å². The number of carbonyl (C=O) groups excluding carboxylic acids is 3. The monoisotopic (exact) mass is 1060 g/mol. The van der Waals surface area contributed by atoms with Gasteiger partial charge in [0.1, 0.15) is 17.1 Å². The molecule has 21 nitrogen and oxygen atoms in total. The minimum atomic E-state index is -1.20. The molecule has 0 spiro atoms. The van der Waals surface area contributed by atoms with Crippen LogP contribution in [-0.2, 0) is 28.7 Å². The summed E-state index contributed by atoms with van der Waals surface area (Å²) in [5, 5.41) is 56.2. The van der Waals surface area contributed by atoms with Crippen molar-refractivity contribution >= 4 is 98.9 Å². The van der Waals surface area contributed by atoms with Gasteiger partial charge in [-0.25, -0.2) is 4.79 Å². The summed E-state index contributed by atoms with van der Waals surface area (Å²) in [6, 6.07) is 27.2. The van der Waals surface area contributed by atoms with Crippen LogP contribution in [0.4, 0.5) is 17.1 Å². The number of fused-ring (bicyclic) bond motifs is 2. The van der Waals surface area contributed by atoms with Crippen molar-refractivity contribution in [2.24, 2.45) is 10.3 Å². The van der Waals surface area contributed by atoms with Crippen molar-refractivity contribution in [1.82, 2.24) is 20.4 Å². The second-order valence-electron chi connectivity index (χ2n) is 16.0. The molecule has 73 heavy (non-hydrogen) atoms. The maximum Gasteiger partial charge on any atom is 0.336 e. The quantitative estimate of drug-likeness (QED) is 0.0149. The molecule has 0 radical (unpaired) electrons. The Balaban J connectivity index is 0.924. The minimum Gasteiger partial charge on any atom is -0.508 e. The van der Waals surface area contributed by atoms with Crippen molar-refractivity contribution in [3.8, 4) is 28.2 Å².